The number of carbonyl (C=O) groups is 5. The summed E-state index contributed by atoms with van der Waals surface area (Å²) in [6.45, 7) is 0.302. The molecule has 3 N–H and O–H groups in total. The summed E-state index contributed by atoms with van der Waals surface area (Å²) in [5, 5.41) is 2.05. The van der Waals surface area contributed by atoms with Gasteiger partial charge in [0.15, 0.2) is 0 Å². The summed E-state index contributed by atoms with van der Waals surface area (Å²) in [5.41, 5.74) is 5.12. The van der Waals surface area contributed by atoms with Crippen molar-refractivity contribution < 1.29 is 41.9 Å². The lowest BCUT2D eigenvalue weighted by Gasteiger charge is -2.28. The van der Waals surface area contributed by atoms with Crippen LogP contribution < -0.4 is 11.1 Å². The van der Waals surface area contributed by atoms with Crippen molar-refractivity contribution in [2.24, 2.45) is 17.6 Å². The lowest BCUT2D eigenvalue weighted by atomic mass is 9.83. The average molecular weight is 453 g/mol. The van der Waals surface area contributed by atoms with Gasteiger partial charge in [-0.15, -0.1) is 0 Å². The van der Waals surface area contributed by atoms with Crippen molar-refractivity contribution in [3.05, 3.63) is 23.5 Å². The van der Waals surface area contributed by atoms with Crippen LogP contribution >= 0.6 is 0 Å². The van der Waals surface area contributed by atoms with Crippen molar-refractivity contribution in [2.75, 3.05) is 6.54 Å². The number of likely N-dealkylation sites (tertiary alicyclic amines) is 1. The van der Waals surface area contributed by atoms with Crippen molar-refractivity contribution in [1.29, 1.82) is 0 Å². The number of nitrogens with two attached hydrogens (primary N) is 1. The standard InChI is InChI=1S/C20H18F3N3O6/c21-20(22,23)19(31)32-13-7-5-11-15(10(13)4-2-1-3-9-24)18(30)26(17(11)29)12-6-8-14(27)25-16(12)28/h5,7,11-12,15H,1,3,6,8-9,24H2,(H,25,27,28). The highest BCUT2D eigenvalue weighted by Gasteiger charge is 2.54. The molecule has 3 rings (SSSR count). The zero-order valence-electron chi connectivity index (χ0n) is 16.5. The maximum Gasteiger partial charge on any atom is 0.491 e. The Bertz CT molecular complexity index is 1000. The van der Waals surface area contributed by atoms with Crippen molar-refractivity contribution in [3.63, 3.8) is 0 Å². The second-order valence-electron chi connectivity index (χ2n) is 7.24. The first-order chi connectivity index (χ1) is 15.1. The second kappa shape index (κ2) is 8.96. The molecule has 2 saturated heterocycles. The molecule has 2 fully saturated rings. The Morgan fingerprint density at radius 1 is 1.25 bits per heavy atom. The van der Waals surface area contributed by atoms with E-state index in [1.54, 1.807) is 0 Å². The average Bonchev–Trinajstić information content (AvgIpc) is 2.96. The third-order valence-corrected chi connectivity index (χ3v) is 5.10. The number of fused-ring (bicyclic) bond motifs is 1. The van der Waals surface area contributed by atoms with E-state index in [4.69, 9.17) is 5.73 Å². The number of piperidine rings is 1. The van der Waals surface area contributed by atoms with E-state index < -0.39 is 59.4 Å². The van der Waals surface area contributed by atoms with E-state index in [0.29, 0.717) is 17.9 Å². The molecule has 32 heavy (non-hydrogen) atoms. The molecule has 0 aromatic carbocycles. The fraction of sp³-hybridized carbons (Fsp3) is 0.450. The summed E-state index contributed by atoms with van der Waals surface area (Å²) in [6, 6.07) is -1.24. The summed E-state index contributed by atoms with van der Waals surface area (Å²) in [7, 11) is 0. The zero-order chi connectivity index (χ0) is 23.6. The van der Waals surface area contributed by atoms with Crippen LogP contribution in [0.25, 0.3) is 0 Å². The van der Waals surface area contributed by atoms with Crippen LogP contribution in [0.1, 0.15) is 25.7 Å². The fourth-order valence-corrected chi connectivity index (χ4v) is 3.62. The minimum absolute atomic E-state index is 0.0809. The molecule has 3 aliphatic rings. The highest BCUT2D eigenvalue weighted by Crippen LogP contribution is 2.40. The van der Waals surface area contributed by atoms with Crippen LogP contribution in [0.2, 0.25) is 0 Å². The van der Waals surface area contributed by atoms with Crippen molar-refractivity contribution >= 4 is 29.6 Å². The predicted octanol–water partition coefficient (Wildman–Crippen LogP) is 0.0645. The predicted molar refractivity (Wildman–Crippen MR) is 99.4 cm³/mol. The van der Waals surface area contributed by atoms with E-state index in [2.05, 4.69) is 21.9 Å². The molecule has 0 bridgehead atoms. The molecule has 2 heterocycles. The Hall–Kier alpha value is -3.46. The number of nitrogens with zero attached hydrogens (tertiary/aromatic N) is 1. The molecule has 0 spiro atoms. The van der Waals surface area contributed by atoms with Gasteiger partial charge >= 0.3 is 12.1 Å². The van der Waals surface area contributed by atoms with E-state index in [1.807, 2.05) is 0 Å². The van der Waals surface area contributed by atoms with Gasteiger partial charge in [0, 0.05) is 12.8 Å². The first-order valence-electron chi connectivity index (χ1n) is 9.67. The van der Waals surface area contributed by atoms with Crippen LogP contribution in [0.4, 0.5) is 13.2 Å². The number of unbranched alkanes of at least 4 members (excludes halogenated alkanes) is 1. The number of nitrogens with one attached hydrogen (secondary N) is 1. The second-order valence-corrected chi connectivity index (χ2v) is 7.24. The van der Waals surface area contributed by atoms with Crippen molar-refractivity contribution in [3.8, 4) is 11.8 Å². The highest BCUT2D eigenvalue weighted by molar-refractivity contribution is 6.12. The van der Waals surface area contributed by atoms with Gasteiger partial charge in [-0.05, 0) is 25.5 Å². The summed E-state index contributed by atoms with van der Waals surface area (Å²) in [4.78, 5) is 61.7. The van der Waals surface area contributed by atoms with Gasteiger partial charge in [-0.1, -0.05) is 17.9 Å². The third kappa shape index (κ3) is 4.43. The van der Waals surface area contributed by atoms with E-state index >= 15 is 0 Å². The van der Waals surface area contributed by atoms with Crippen LogP contribution in [0.3, 0.4) is 0 Å². The molecule has 0 aromatic heterocycles. The van der Waals surface area contributed by atoms with E-state index in [1.165, 1.54) is 0 Å². The van der Waals surface area contributed by atoms with Gasteiger partial charge in [0.25, 0.3) is 0 Å². The van der Waals surface area contributed by atoms with Gasteiger partial charge in [0.1, 0.15) is 11.8 Å². The smallest absolute Gasteiger partial charge is 0.419 e. The molecule has 1 aliphatic carbocycles. The monoisotopic (exact) mass is 453 g/mol. The number of carbonyl (C=O) groups excluding carboxylic acids is 5. The molecular weight excluding hydrogens is 435 g/mol. The minimum Gasteiger partial charge on any atom is -0.419 e. The number of halogens is 3. The molecule has 170 valence electrons. The van der Waals surface area contributed by atoms with Crippen molar-refractivity contribution in [1.82, 2.24) is 10.2 Å². The quantitative estimate of drug-likeness (QED) is 0.266. The third-order valence-electron chi connectivity index (χ3n) is 5.10. The Labute approximate surface area is 179 Å². The Morgan fingerprint density at radius 2 is 1.97 bits per heavy atom. The van der Waals surface area contributed by atoms with Crippen LogP contribution in [-0.4, -0.2) is 53.3 Å². The highest BCUT2D eigenvalue weighted by atomic mass is 19.4. The number of hydrogen-bond acceptors (Lipinski definition) is 7. The Morgan fingerprint density at radius 3 is 2.59 bits per heavy atom. The zero-order valence-corrected chi connectivity index (χ0v) is 16.5. The van der Waals surface area contributed by atoms with Gasteiger partial charge in [-0.25, -0.2) is 4.79 Å². The molecule has 9 nitrogen and oxygen atoms in total. The number of rotatable bonds is 4. The van der Waals surface area contributed by atoms with Crippen LogP contribution in [0.5, 0.6) is 0 Å². The summed E-state index contributed by atoms with van der Waals surface area (Å²) < 4.78 is 42.5. The summed E-state index contributed by atoms with van der Waals surface area (Å²) in [5.74, 6) is -3.40. The number of amides is 4. The first-order valence-corrected chi connectivity index (χ1v) is 9.67. The number of ether oxygens (including phenoxy) is 1. The van der Waals surface area contributed by atoms with Gasteiger partial charge in [-0.2, -0.15) is 13.2 Å². The number of esters is 1. The molecule has 0 saturated carbocycles. The number of imide groups is 2. The maximum atomic E-state index is 13.1. The summed E-state index contributed by atoms with van der Waals surface area (Å²) in [6.07, 6.45) is -2.61. The molecule has 2 aliphatic heterocycles. The largest absolute Gasteiger partial charge is 0.491 e. The minimum atomic E-state index is -5.29. The van der Waals surface area contributed by atoms with Gasteiger partial charge < -0.3 is 10.5 Å². The molecule has 4 amide bonds. The molecule has 3 atom stereocenters. The van der Waals surface area contributed by atoms with E-state index in [9.17, 15) is 37.1 Å². The molecule has 0 radical (unpaired) electrons. The van der Waals surface area contributed by atoms with Gasteiger partial charge in [0.2, 0.25) is 23.6 Å². The molecular formula is C20H18F3N3O6. The van der Waals surface area contributed by atoms with Gasteiger partial charge in [0.05, 0.1) is 17.4 Å². The van der Waals surface area contributed by atoms with Crippen LogP contribution in [0.15, 0.2) is 23.5 Å². The Balaban J connectivity index is 1.98. The lowest BCUT2D eigenvalue weighted by Crippen LogP contribution is -2.54. The summed E-state index contributed by atoms with van der Waals surface area (Å²) >= 11 is 0. The molecule has 12 heteroatoms. The van der Waals surface area contributed by atoms with Crippen LogP contribution in [0, 0.1) is 23.7 Å². The fourth-order valence-electron chi connectivity index (χ4n) is 3.62. The molecule has 3 unspecified atom stereocenters. The maximum absolute atomic E-state index is 13.1. The number of alkyl halides is 3. The van der Waals surface area contributed by atoms with Crippen LogP contribution in [-0.2, 0) is 28.7 Å². The lowest BCUT2D eigenvalue weighted by molar-refractivity contribution is -0.195. The Kier molecular flexibility index (Phi) is 6.50. The molecule has 0 aromatic rings. The van der Waals surface area contributed by atoms with Gasteiger partial charge in [-0.3, -0.25) is 29.4 Å². The van der Waals surface area contributed by atoms with E-state index in [0.717, 1.165) is 12.2 Å². The van der Waals surface area contributed by atoms with Crippen molar-refractivity contribution in [2.45, 2.75) is 37.9 Å². The van der Waals surface area contributed by atoms with E-state index in [-0.39, 0.29) is 24.8 Å². The SMILES string of the molecule is NCCCC#CC1=C(OC(=O)C(F)(F)F)C=CC2C(=O)N(C3CCC(=O)NC3=O)C(=O)C12. The first kappa shape index (κ1) is 23.2. The number of hydrogen-bond donors (Lipinski definition) is 2. The normalized spacial score (nSPS) is 25.4. The topological polar surface area (TPSA) is 136 Å². The number of allylic oxidation sites excluding steroid dienone is 1.